The number of piperidine rings is 1. The SMILES string of the molecule is CC1CC(N)CN(C(=O)c2ccc[nH]2)C1. The zero-order valence-corrected chi connectivity index (χ0v) is 8.94. The monoisotopic (exact) mass is 207 g/mol. The Morgan fingerprint density at radius 2 is 2.40 bits per heavy atom. The van der Waals surface area contributed by atoms with Gasteiger partial charge in [0, 0.05) is 25.3 Å². The summed E-state index contributed by atoms with van der Waals surface area (Å²) in [6.45, 7) is 3.61. The second-order valence-corrected chi connectivity index (χ2v) is 4.39. The molecule has 4 heteroatoms. The standard InChI is InChI=1S/C11H17N3O/c1-8-5-9(12)7-14(6-8)11(15)10-3-2-4-13-10/h2-4,8-9,13H,5-7,12H2,1H3. The van der Waals surface area contributed by atoms with E-state index in [1.165, 1.54) is 0 Å². The average Bonchev–Trinajstić information content (AvgIpc) is 2.67. The molecule has 0 spiro atoms. The molecule has 2 rings (SSSR count). The minimum absolute atomic E-state index is 0.0574. The van der Waals surface area contributed by atoms with Gasteiger partial charge in [-0.2, -0.15) is 0 Å². The Labute approximate surface area is 89.5 Å². The summed E-state index contributed by atoms with van der Waals surface area (Å²) in [6, 6.07) is 3.75. The lowest BCUT2D eigenvalue weighted by molar-refractivity contribution is 0.0656. The summed E-state index contributed by atoms with van der Waals surface area (Å²) in [6.07, 6.45) is 2.77. The maximum Gasteiger partial charge on any atom is 0.270 e. The van der Waals surface area contributed by atoms with Crippen LogP contribution in [0.15, 0.2) is 18.3 Å². The van der Waals surface area contributed by atoms with E-state index in [9.17, 15) is 4.79 Å². The molecule has 0 radical (unpaired) electrons. The number of hydrogen-bond acceptors (Lipinski definition) is 2. The molecule has 2 heterocycles. The molecule has 2 atom stereocenters. The maximum absolute atomic E-state index is 12.0. The molecule has 1 aromatic rings. The number of nitrogens with one attached hydrogen (secondary N) is 1. The van der Waals surface area contributed by atoms with Crippen LogP contribution in [0.5, 0.6) is 0 Å². The summed E-state index contributed by atoms with van der Waals surface area (Å²) < 4.78 is 0. The Kier molecular flexibility index (Phi) is 2.77. The van der Waals surface area contributed by atoms with E-state index in [2.05, 4.69) is 11.9 Å². The second-order valence-electron chi connectivity index (χ2n) is 4.39. The highest BCUT2D eigenvalue weighted by atomic mass is 16.2. The number of hydrogen-bond donors (Lipinski definition) is 2. The molecular weight excluding hydrogens is 190 g/mol. The van der Waals surface area contributed by atoms with Gasteiger partial charge in [-0.25, -0.2) is 0 Å². The maximum atomic E-state index is 12.0. The van der Waals surface area contributed by atoms with Gasteiger partial charge in [-0.1, -0.05) is 6.92 Å². The Morgan fingerprint density at radius 1 is 1.60 bits per heavy atom. The first-order chi connectivity index (χ1) is 7.16. The van der Waals surface area contributed by atoms with E-state index in [-0.39, 0.29) is 11.9 Å². The molecule has 4 nitrogen and oxygen atoms in total. The van der Waals surface area contributed by atoms with E-state index in [1.54, 1.807) is 12.3 Å². The van der Waals surface area contributed by atoms with Crippen molar-refractivity contribution < 1.29 is 4.79 Å². The third-order valence-corrected chi connectivity index (χ3v) is 2.81. The van der Waals surface area contributed by atoms with Crippen molar-refractivity contribution in [3.63, 3.8) is 0 Å². The van der Waals surface area contributed by atoms with Crippen LogP contribution >= 0.6 is 0 Å². The molecule has 0 saturated carbocycles. The lowest BCUT2D eigenvalue weighted by Crippen LogP contribution is -2.48. The largest absolute Gasteiger partial charge is 0.357 e. The van der Waals surface area contributed by atoms with Gasteiger partial charge in [0.15, 0.2) is 0 Å². The van der Waals surface area contributed by atoms with Crippen LogP contribution in [0.3, 0.4) is 0 Å². The third-order valence-electron chi connectivity index (χ3n) is 2.81. The Hall–Kier alpha value is -1.29. The number of aromatic amines is 1. The lowest BCUT2D eigenvalue weighted by atomic mass is 9.96. The molecule has 1 saturated heterocycles. The molecular formula is C11H17N3O. The molecule has 1 aliphatic rings. The number of nitrogens with two attached hydrogens (primary N) is 1. The van der Waals surface area contributed by atoms with Crippen molar-refractivity contribution in [2.75, 3.05) is 13.1 Å². The molecule has 82 valence electrons. The van der Waals surface area contributed by atoms with Crippen LogP contribution in [0.4, 0.5) is 0 Å². The number of rotatable bonds is 1. The van der Waals surface area contributed by atoms with Gasteiger partial charge in [-0.05, 0) is 24.5 Å². The van der Waals surface area contributed by atoms with Crippen LogP contribution in [0.1, 0.15) is 23.8 Å². The van der Waals surface area contributed by atoms with Gasteiger partial charge < -0.3 is 15.6 Å². The van der Waals surface area contributed by atoms with Gasteiger partial charge >= 0.3 is 0 Å². The summed E-state index contributed by atoms with van der Waals surface area (Å²) in [4.78, 5) is 16.8. The fraction of sp³-hybridized carbons (Fsp3) is 0.545. The molecule has 3 N–H and O–H groups in total. The lowest BCUT2D eigenvalue weighted by Gasteiger charge is -2.34. The molecule has 1 aromatic heterocycles. The van der Waals surface area contributed by atoms with Gasteiger partial charge in [0.2, 0.25) is 0 Å². The predicted molar refractivity (Wildman–Crippen MR) is 58.5 cm³/mol. The number of carbonyl (C=O) groups is 1. The number of nitrogens with zero attached hydrogens (tertiary/aromatic N) is 1. The van der Waals surface area contributed by atoms with Crippen LogP contribution in [0.2, 0.25) is 0 Å². The quantitative estimate of drug-likeness (QED) is 0.716. The third kappa shape index (κ3) is 2.21. The summed E-state index contributed by atoms with van der Waals surface area (Å²) in [5, 5.41) is 0. The highest BCUT2D eigenvalue weighted by molar-refractivity contribution is 5.92. The van der Waals surface area contributed by atoms with E-state index in [4.69, 9.17) is 5.73 Å². The van der Waals surface area contributed by atoms with E-state index >= 15 is 0 Å². The molecule has 0 bridgehead atoms. The fourth-order valence-corrected chi connectivity index (χ4v) is 2.20. The molecule has 1 amide bonds. The van der Waals surface area contributed by atoms with E-state index in [0.29, 0.717) is 18.2 Å². The van der Waals surface area contributed by atoms with Crippen molar-refractivity contribution in [1.82, 2.24) is 9.88 Å². The molecule has 1 fully saturated rings. The van der Waals surface area contributed by atoms with E-state index in [1.807, 2.05) is 11.0 Å². The highest BCUT2D eigenvalue weighted by Crippen LogP contribution is 2.16. The fourth-order valence-electron chi connectivity index (χ4n) is 2.20. The van der Waals surface area contributed by atoms with Crippen LogP contribution in [0.25, 0.3) is 0 Å². The van der Waals surface area contributed by atoms with Crippen molar-refractivity contribution in [2.45, 2.75) is 19.4 Å². The predicted octanol–water partition coefficient (Wildman–Crippen LogP) is 0.824. The first-order valence-corrected chi connectivity index (χ1v) is 5.35. The summed E-state index contributed by atoms with van der Waals surface area (Å²) in [5.74, 6) is 0.551. The number of aromatic nitrogens is 1. The molecule has 2 unspecified atom stereocenters. The van der Waals surface area contributed by atoms with Gasteiger partial charge in [-0.3, -0.25) is 4.79 Å². The average molecular weight is 207 g/mol. The van der Waals surface area contributed by atoms with Crippen LogP contribution in [-0.4, -0.2) is 34.9 Å². The first kappa shape index (κ1) is 10.2. The Bertz CT molecular complexity index is 324. The summed E-state index contributed by atoms with van der Waals surface area (Å²) in [7, 11) is 0. The Morgan fingerprint density at radius 3 is 3.00 bits per heavy atom. The highest BCUT2D eigenvalue weighted by Gasteiger charge is 2.26. The molecule has 1 aliphatic heterocycles. The van der Waals surface area contributed by atoms with Crippen molar-refractivity contribution in [1.29, 1.82) is 0 Å². The number of carbonyl (C=O) groups excluding carboxylic acids is 1. The van der Waals surface area contributed by atoms with Gasteiger partial charge in [0.1, 0.15) is 5.69 Å². The Balaban J connectivity index is 2.07. The zero-order valence-electron chi connectivity index (χ0n) is 8.94. The normalized spacial score (nSPS) is 26.7. The van der Waals surface area contributed by atoms with Crippen LogP contribution < -0.4 is 5.73 Å². The molecule has 0 aliphatic carbocycles. The molecule has 15 heavy (non-hydrogen) atoms. The van der Waals surface area contributed by atoms with E-state index in [0.717, 1.165) is 13.0 Å². The van der Waals surface area contributed by atoms with Crippen molar-refractivity contribution in [3.8, 4) is 0 Å². The van der Waals surface area contributed by atoms with Crippen molar-refractivity contribution in [2.24, 2.45) is 11.7 Å². The summed E-state index contributed by atoms with van der Waals surface area (Å²) in [5.41, 5.74) is 6.55. The first-order valence-electron chi connectivity index (χ1n) is 5.35. The molecule has 0 aromatic carbocycles. The number of amides is 1. The van der Waals surface area contributed by atoms with Crippen LogP contribution in [-0.2, 0) is 0 Å². The van der Waals surface area contributed by atoms with Gasteiger partial charge in [0.25, 0.3) is 5.91 Å². The summed E-state index contributed by atoms with van der Waals surface area (Å²) >= 11 is 0. The second kappa shape index (κ2) is 4.06. The van der Waals surface area contributed by atoms with Crippen LogP contribution in [0, 0.1) is 5.92 Å². The van der Waals surface area contributed by atoms with Crippen molar-refractivity contribution in [3.05, 3.63) is 24.0 Å². The van der Waals surface area contributed by atoms with Crippen molar-refractivity contribution >= 4 is 5.91 Å². The zero-order chi connectivity index (χ0) is 10.8. The van der Waals surface area contributed by atoms with E-state index < -0.39 is 0 Å². The minimum Gasteiger partial charge on any atom is -0.357 e. The number of likely N-dealkylation sites (tertiary alicyclic amines) is 1. The van der Waals surface area contributed by atoms with Gasteiger partial charge in [0.05, 0.1) is 0 Å². The van der Waals surface area contributed by atoms with Gasteiger partial charge in [-0.15, -0.1) is 0 Å². The smallest absolute Gasteiger partial charge is 0.270 e. The minimum atomic E-state index is 0.0574. The number of H-pyrrole nitrogens is 1. The topological polar surface area (TPSA) is 62.1 Å².